The summed E-state index contributed by atoms with van der Waals surface area (Å²) in [7, 11) is 0. The normalized spacial score (nSPS) is 18.1. The van der Waals surface area contributed by atoms with Gasteiger partial charge in [-0.05, 0) is 50.4 Å². The second kappa shape index (κ2) is 7.20. The Kier molecular flexibility index (Phi) is 5.58. The summed E-state index contributed by atoms with van der Waals surface area (Å²) < 4.78 is 0. The second-order valence-corrected chi connectivity index (χ2v) is 6.65. The summed E-state index contributed by atoms with van der Waals surface area (Å²) in [5, 5.41) is 4.42. The predicted octanol–water partition coefficient (Wildman–Crippen LogP) is 4.78. The van der Waals surface area contributed by atoms with Crippen molar-refractivity contribution in [1.82, 2.24) is 5.32 Å². The quantitative estimate of drug-likeness (QED) is 0.792. The summed E-state index contributed by atoms with van der Waals surface area (Å²) in [4.78, 5) is 1.45. The van der Waals surface area contributed by atoms with Crippen LogP contribution < -0.4 is 5.32 Å². The maximum Gasteiger partial charge on any atom is 0.0292 e. The topological polar surface area (TPSA) is 12.0 Å². The number of rotatable bonds is 6. The highest BCUT2D eigenvalue weighted by atomic mass is 32.2. The molecule has 18 heavy (non-hydrogen) atoms. The summed E-state index contributed by atoms with van der Waals surface area (Å²) in [5.41, 5.74) is 1.42. The molecule has 1 nitrogen and oxygen atoms in total. The molecule has 0 aromatic heterocycles. The van der Waals surface area contributed by atoms with Crippen LogP contribution in [0.3, 0.4) is 0 Å². The Bertz CT molecular complexity index is 358. The molecular formula is C16H25NS. The Morgan fingerprint density at radius 1 is 1.33 bits per heavy atom. The Balaban J connectivity index is 1.95. The molecule has 0 heterocycles. The Labute approximate surface area is 116 Å². The zero-order valence-corrected chi connectivity index (χ0v) is 12.4. The van der Waals surface area contributed by atoms with Crippen molar-refractivity contribution in [1.29, 1.82) is 0 Å². The van der Waals surface area contributed by atoms with Gasteiger partial charge in [0.2, 0.25) is 0 Å². The molecule has 1 N–H and O–H groups in total. The average Bonchev–Trinajstić information content (AvgIpc) is 2.89. The van der Waals surface area contributed by atoms with Crippen LogP contribution in [-0.2, 0) is 0 Å². The van der Waals surface area contributed by atoms with Gasteiger partial charge in [-0.25, -0.2) is 0 Å². The minimum absolute atomic E-state index is 0.467. The predicted molar refractivity (Wildman–Crippen MR) is 81.3 cm³/mol. The van der Waals surface area contributed by atoms with Gasteiger partial charge in [-0.3, -0.25) is 0 Å². The first-order chi connectivity index (χ1) is 8.79. The van der Waals surface area contributed by atoms with E-state index in [1.807, 2.05) is 0 Å². The van der Waals surface area contributed by atoms with E-state index in [2.05, 4.69) is 55.2 Å². The number of thioether (sulfide) groups is 1. The highest BCUT2D eigenvalue weighted by molar-refractivity contribution is 8.00. The Morgan fingerprint density at radius 2 is 2.11 bits per heavy atom. The van der Waals surface area contributed by atoms with E-state index in [0.29, 0.717) is 6.04 Å². The molecule has 0 saturated heterocycles. The molecule has 100 valence electrons. The maximum atomic E-state index is 3.56. The Hall–Kier alpha value is -0.470. The zero-order chi connectivity index (χ0) is 12.8. The van der Waals surface area contributed by atoms with Crippen LogP contribution in [0.15, 0.2) is 29.2 Å². The van der Waals surface area contributed by atoms with Crippen LogP contribution in [0.5, 0.6) is 0 Å². The van der Waals surface area contributed by atoms with Gasteiger partial charge in [-0.2, -0.15) is 0 Å². The monoisotopic (exact) mass is 263 g/mol. The standard InChI is InChI=1S/C16H25NS/c1-3-11-17-13(2)14-7-6-10-16(12-14)18-15-8-4-5-9-15/h6-7,10,12-13,15,17H,3-5,8-9,11H2,1-2H3. The van der Waals surface area contributed by atoms with Gasteiger partial charge in [-0.15, -0.1) is 11.8 Å². The van der Waals surface area contributed by atoms with Gasteiger partial charge in [0.15, 0.2) is 0 Å². The van der Waals surface area contributed by atoms with Gasteiger partial charge in [0.05, 0.1) is 0 Å². The molecule has 2 heteroatoms. The van der Waals surface area contributed by atoms with E-state index in [-0.39, 0.29) is 0 Å². The first-order valence-corrected chi connectivity index (χ1v) is 8.17. The van der Waals surface area contributed by atoms with E-state index in [4.69, 9.17) is 0 Å². The first kappa shape index (κ1) is 14.0. The summed E-state index contributed by atoms with van der Waals surface area (Å²) in [5.74, 6) is 0. The van der Waals surface area contributed by atoms with E-state index in [0.717, 1.165) is 11.8 Å². The zero-order valence-electron chi connectivity index (χ0n) is 11.6. The summed E-state index contributed by atoms with van der Waals surface area (Å²) in [6.07, 6.45) is 6.84. The van der Waals surface area contributed by atoms with Crippen LogP contribution in [0.4, 0.5) is 0 Å². The lowest BCUT2D eigenvalue weighted by molar-refractivity contribution is 0.570. The van der Waals surface area contributed by atoms with Crippen molar-refractivity contribution in [3.05, 3.63) is 29.8 Å². The fourth-order valence-corrected chi connectivity index (χ4v) is 3.85. The third-order valence-electron chi connectivity index (χ3n) is 3.66. The van der Waals surface area contributed by atoms with Gasteiger partial charge >= 0.3 is 0 Å². The summed E-state index contributed by atoms with van der Waals surface area (Å²) in [6, 6.07) is 9.55. The third kappa shape index (κ3) is 4.03. The fraction of sp³-hybridized carbons (Fsp3) is 0.625. The highest BCUT2D eigenvalue weighted by Crippen LogP contribution is 2.35. The number of benzene rings is 1. The van der Waals surface area contributed by atoms with Gasteiger partial charge in [0, 0.05) is 16.2 Å². The molecule has 1 aromatic rings. The Morgan fingerprint density at radius 3 is 2.83 bits per heavy atom. The smallest absolute Gasteiger partial charge is 0.0292 e. The van der Waals surface area contributed by atoms with Gasteiger partial charge in [0.25, 0.3) is 0 Å². The molecule has 1 atom stereocenters. The van der Waals surface area contributed by atoms with E-state index in [9.17, 15) is 0 Å². The molecule has 0 radical (unpaired) electrons. The van der Waals surface area contributed by atoms with Crippen molar-refractivity contribution in [2.45, 2.75) is 62.1 Å². The van der Waals surface area contributed by atoms with Crippen LogP contribution in [0, 0.1) is 0 Å². The molecule has 1 saturated carbocycles. The lowest BCUT2D eigenvalue weighted by Crippen LogP contribution is -2.19. The second-order valence-electron chi connectivity index (χ2n) is 5.27. The molecule has 0 amide bonds. The summed E-state index contributed by atoms with van der Waals surface area (Å²) in [6.45, 7) is 5.57. The van der Waals surface area contributed by atoms with Crippen molar-refractivity contribution >= 4 is 11.8 Å². The van der Waals surface area contributed by atoms with Gasteiger partial charge in [0.1, 0.15) is 0 Å². The molecule has 1 aliphatic carbocycles. The minimum Gasteiger partial charge on any atom is -0.310 e. The molecule has 0 bridgehead atoms. The van der Waals surface area contributed by atoms with Crippen molar-refractivity contribution < 1.29 is 0 Å². The highest BCUT2D eigenvalue weighted by Gasteiger charge is 2.16. The average molecular weight is 263 g/mol. The molecule has 1 aliphatic rings. The minimum atomic E-state index is 0.467. The molecular weight excluding hydrogens is 238 g/mol. The maximum absolute atomic E-state index is 3.56. The lowest BCUT2D eigenvalue weighted by Gasteiger charge is -2.15. The van der Waals surface area contributed by atoms with Crippen LogP contribution in [-0.4, -0.2) is 11.8 Å². The van der Waals surface area contributed by atoms with Crippen LogP contribution >= 0.6 is 11.8 Å². The van der Waals surface area contributed by atoms with E-state index >= 15 is 0 Å². The fourth-order valence-electron chi connectivity index (χ4n) is 2.53. The largest absolute Gasteiger partial charge is 0.310 e. The molecule has 1 fully saturated rings. The lowest BCUT2D eigenvalue weighted by atomic mass is 10.1. The molecule has 0 spiro atoms. The summed E-state index contributed by atoms with van der Waals surface area (Å²) >= 11 is 2.08. The van der Waals surface area contributed by atoms with Crippen molar-refractivity contribution in [2.24, 2.45) is 0 Å². The van der Waals surface area contributed by atoms with Crippen molar-refractivity contribution in [3.63, 3.8) is 0 Å². The van der Waals surface area contributed by atoms with Crippen LogP contribution in [0.2, 0.25) is 0 Å². The van der Waals surface area contributed by atoms with Crippen molar-refractivity contribution in [3.8, 4) is 0 Å². The van der Waals surface area contributed by atoms with Crippen LogP contribution in [0.1, 0.15) is 57.6 Å². The number of hydrogen-bond donors (Lipinski definition) is 1. The first-order valence-electron chi connectivity index (χ1n) is 7.29. The van der Waals surface area contributed by atoms with Gasteiger partial charge in [-0.1, -0.05) is 31.9 Å². The molecule has 0 aliphatic heterocycles. The van der Waals surface area contributed by atoms with E-state index in [1.54, 1.807) is 0 Å². The van der Waals surface area contributed by atoms with E-state index < -0.39 is 0 Å². The third-order valence-corrected chi connectivity index (χ3v) is 4.99. The molecule has 2 rings (SSSR count). The van der Waals surface area contributed by atoms with Crippen LogP contribution in [0.25, 0.3) is 0 Å². The van der Waals surface area contributed by atoms with Crippen molar-refractivity contribution in [2.75, 3.05) is 6.54 Å². The van der Waals surface area contributed by atoms with Gasteiger partial charge < -0.3 is 5.32 Å². The SMILES string of the molecule is CCCNC(C)c1cccc(SC2CCCC2)c1. The van der Waals surface area contributed by atoms with E-state index in [1.165, 1.54) is 42.6 Å². The molecule has 1 aromatic carbocycles. The molecule has 1 unspecified atom stereocenters. The number of nitrogens with one attached hydrogen (secondary N) is 1. The number of hydrogen-bond acceptors (Lipinski definition) is 2.